The van der Waals surface area contributed by atoms with Gasteiger partial charge in [0.2, 0.25) is 0 Å². The van der Waals surface area contributed by atoms with Crippen molar-refractivity contribution in [1.82, 2.24) is 9.88 Å². The molecule has 1 N–H and O–H groups in total. The summed E-state index contributed by atoms with van der Waals surface area (Å²) in [6.45, 7) is 3.22. The number of hydrogen-bond acceptors (Lipinski definition) is 1. The van der Waals surface area contributed by atoms with E-state index in [0.29, 0.717) is 6.04 Å². The van der Waals surface area contributed by atoms with Gasteiger partial charge in [0.05, 0.1) is 0 Å². The molecule has 0 spiro atoms. The molecule has 72 valence electrons. The van der Waals surface area contributed by atoms with Crippen molar-refractivity contribution < 1.29 is 0 Å². The average molecular weight is 186 g/mol. The third-order valence-electron chi connectivity index (χ3n) is 3.20. The molecule has 2 nitrogen and oxygen atoms in total. The Morgan fingerprint density at radius 2 is 2.29 bits per heavy atom. The molecule has 2 heterocycles. The molecule has 14 heavy (non-hydrogen) atoms. The van der Waals surface area contributed by atoms with Crippen LogP contribution in [0.15, 0.2) is 24.4 Å². The molecule has 1 atom stereocenters. The first kappa shape index (κ1) is 8.06. The van der Waals surface area contributed by atoms with E-state index in [2.05, 4.69) is 48.3 Å². The Balaban J connectivity index is 2.47. The molecule has 0 amide bonds. The smallest absolute Gasteiger partial charge is 0.0484 e. The molecule has 1 unspecified atom stereocenters. The van der Waals surface area contributed by atoms with E-state index in [1.807, 2.05) is 0 Å². The molecule has 0 fully saturated rings. The van der Waals surface area contributed by atoms with Gasteiger partial charge in [-0.1, -0.05) is 12.1 Å². The molecular weight excluding hydrogens is 172 g/mol. The molecule has 2 heteroatoms. The number of nitrogens with one attached hydrogen (secondary N) is 1. The van der Waals surface area contributed by atoms with Crippen LogP contribution in [0.5, 0.6) is 0 Å². The van der Waals surface area contributed by atoms with Gasteiger partial charge in [0.15, 0.2) is 0 Å². The number of aryl methyl sites for hydroxylation is 1. The van der Waals surface area contributed by atoms with Crippen LogP contribution in [0.1, 0.15) is 24.1 Å². The molecule has 0 aliphatic carbocycles. The van der Waals surface area contributed by atoms with E-state index in [1.54, 1.807) is 0 Å². The Morgan fingerprint density at radius 1 is 1.43 bits per heavy atom. The van der Waals surface area contributed by atoms with Gasteiger partial charge in [-0.3, -0.25) is 0 Å². The second kappa shape index (κ2) is 2.61. The molecule has 1 aliphatic heterocycles. The summed E-state index contributed by atoms with van der Waals surface area (Å²) < 4.78 is 2.22. The van der Waals surface area contributed by atoms with E-state index in [-0.39, 0.29) is 0 Å². The lowest BCUT2D eigenvalue weighted by Crippen LogP contribution is -2.21. The lowest BCUT2D eigenvalue weighted by molar-refractivity contribution is 0.566. The topological polar surface area (TPSA) is 17.0 Å². The van der Waals surface area contributed by atoms with Crippen LogP contribution in [-0.4, -0.2) is 4.57 Å². The predicted molar refractivity (Wildman–Crippen MR) is 58.2 cm³/mol. The Kier molecular flexibility index (Phi) is 1.50. The Labute approximate surface area is 83.5 Å². The van der Waals surface area contributed by atoms with Gasteiger partial charge in [-0.2, -0.15) is 0 Å². The highest BCUT2D eigenvalue weighted by molar-refractivity contribution is 5.88. The minimum Gasteiger partial charge on any atom is -0.350 e. The van der Waals surface area contributed by atoms with Gasteiger partial charge in [0, 0.05) is 36.7 Å². The summed E-state index contributed by atoms with van der Waals surface area (Å²) >= 11 is 0. The van der Waals surface area contributed by atoms with E-state index in [0.717, 1.165) is 6.54 Å². The maximum absolute atomic E-state index is 3.50. The van der Waals surface area contributed by atoms with Gasteiger partial charge in [-0.15, -0.1) is 0 Å². The summed E-state index contributed by atoms with van der Waals surface area (Å²) in [6, 6.07) is 7.03. The van der Waals surface area contributed by atoms with Crippen LogP contribution in [0.4, 0.5) is 0 Å². The lowest BCUT2D eigenvalue weighted by atomic mass is 9.98. The Hall–Kier alpha value is -1.28. The average Bonchev–Trinajstić information content (AvgIpc) is 2.53. The summed E-state index contributed by atoms with van der Waals surface area (Å²) in [4.78, 5) is 0. The number of rotatable bonds is 0. The van der Waals surface area contributed by atoms with Crippen molar-refractivity contribution >= 4 is 10.9 Å². The van der Waals surface area contributed by atoms with Crippen LogP contribution in [0, 0.1) is 0 Å². The second-order valence-electron chi connectivity index (χ2n) is 4.11. The third-order valence-corrected chi connectivity index (χ3v) is 3.20. The van der Waals surface area contributed by atoms with Gasteiger partial charge in [-0.05, 0) is 24.1 Å². The molecule has 2 aromatic rings. The highest BCUT2D eigenvalue weighted by Crippen LogP contribution is 2.32. The van der Waals surface area contributed by atoms with Gasteiger partial charge in [0.25, 0.3) is 0 Å². The zero-order chi connectivity index (χ0) is 9.71. The largest absolute Gasteiger partial charge is 0.350 e. The number of nitrogens with zero attached hydrogens (tertiary/aromatic N) is 1. The zero-order valence-corrected chi connectivity index (χ0v) is 8.54. The normalized spacial score (nSPS) is 20.3. The quantitative estimate of drug-likeness (QED) is 0.668. The molecule has 0 bridgehead atoms. The van der Waals surface area contributed by atoms with Crippen molar-refractivity contribution in [3.63, 3.8) is 0 Å². The van der Waals surface area contributed by atoms with Gasteiger partial charge >= 0.3 is 0 Å². The van der Waals surface area contributed by atoms with E-state index in [1.165, 1.54) is 22.0 Å². The molecule has 1 aromatic heterocycles. The first-order valence-electron chi connectivity index (χ1n) is 5.07. The highest BCUT2D eigenvalue weighted by atomic mass is 15.0. The molecule has 3 rings (SSSR count). The third kappa shape index (κ3) is 0.891. The predicted octanol–water partition coefficient (Wildman–Crippen LogP) is 2.34. The summed E-state index contributed by atoms with van der Waals surface area (Å²) in [5, 5.41) is 4.96. The minimum atomic E-state index is 0.480. The number of aromatic nitrogens is 1. The van der Waals surface area contributed by atoms with Crippen molar-refractivity contribution in [2.45, 2.75) is 19.5 Å². The van der Waals surface area contributed by atoms with Crippen LogP contribution in [0.2, 0.25) is 0 Å². The molecule has 0 radical (unpaired) electrons. The molecule has 1 aliphatic rings. The highest BCUT2D eigenvalue weighted by Gasteiger charge is 2.19. The van der Waals surface area contributed by atoms with E-state index in [4.69, 9.17) is 0 Å². The minimum absolute atomic E-state index is 0.480. The van der Waals surface area contributed by atoms with Crippen molar-refractivity contribution in [2.75, 3.05) is 0 Å². The summed E-state index contributed by atoms with van der Waals surface area (Å²) in [5.74, 6) is 0. The summed E-state index contributed by atoms with van der Waals surface area (Å²) in [6.07, 6.45) is 2.24. The molecule has 0 saturated carbocycles. The van der Waals surface area contributed by atoms with Gasteiger partial charge in [0.1, 0.15) is 0 Å². The fourth-order valence-corrected chi connectivity index (χ4v) is 2.41. The Bertz CT molecular complexity index is 496. The van der Waals surface area contributed by atoms with Crippen LogP contribution in [0.3, 0.4) is 0 Å². The molecular formula is C12H14N2. The van der Waals surface area contributed by atoms with Crippen LogP contribution >= 0.6 is 0 Å². The SMILES string of the molecule is CC1NCc2cccc3c2c1cn3C. The van der Waals surface area contributed by atoms with E-state index in [9.17, 15) is 0 Å². The van der Waals surface area contributed by atoms with Crippen LogP contribution in [0.25, 0.3) is 10.9 Å². The lowest BCUT2D eigenvalue weighted by Gasteiger charge is -2.20. The fourth-order valence-electron chi connectivity index (χ4n) is 2.41. The van der Waals surface area contributed by atoms with Crippen molar-refractivity contribution in [3.8, 4) is 0 Å². The van der Waals surface area contributed by atoms with Crippen molar-refractivity contribution in [3.05, 3.63) is 35.5 Å². The van der Waals surface area contributed by atoms with Crippen LogP contribution in [-0.2, 0) is 13.6 Å². The van der Waals surface area contributed by atoms with E-state index < -0.39 is 0 Å². The Morgan fingerprint density at radius 3 is 3.14 bits per heavy atom. The summed E-state index contributed by atoms with van der Waals surface area (Å²) in [7, 11) is 2.12. The molecule has 0 saturated heterocycles. The van der Waals surface area contributed by atoms with Crippen LogP contribution < -0.4 is 5.32 Å². The van der Waals surface area contributed by atoms with Gasteiger partial charge in [-0.25, -0.2) is 0 Å². The first-order chi connectivity index (χ1) is 6.77. The fraction of sp³-hybridized carbons (Fsp3) is 0.333. The van der Waals surface area contributed by atoms with Crippen molar-refractivity contribution in [2.24, 2.45) is 7.05 Å². The number of benzene rings is 1. The standard InChI is InChI=1S/C12H14N2/c1-8-10-7-14(2)11-5-3-4-9(6-13-8)12(10)11/h3-5,7-8,13H,6H2,1-2H3. The van der Waals surface area contributed by atoms with E-state index >= 15 is 0 Å². The first-order valence-corrected chi connectivity index (χ1v) is 5.07. The van der Waals surface area contributed by atoms with Gasteiger partial charge < -0.3 is 9.88 Å². The van der Waals surface area contributed by atoms with Crippen molar-refractivity contribution in [1.29, 1.82) is 0 Å². The second-order valence-corrected chi connectivity index (χ2v) is 4.11. The zero-order valence-electron chi connectivity index (χ0n) is 8.54. The molecule has 1 aromatic carbocycles. The summed E-state index contributed by atoms with van der Waals surface area (Å²) in [5.41, 5.74) is 4.21. The monoisotopic (exact) mass is 186 g/mol. The maximum Gasteiger partial charge on any atom is 0.0484 e. The maximum atomic E-state index is 3.50. The number of hydrogen-bond donors (Lipinski definition) is 1.